The summed E-state index contributed by atoms with van der Waals surface area (Å²) in [6.07, 6.45) is 1.69. The van der Waals surface area contributed by atoms with Gasteiger partial charge in [0.1, 0.15) is 13.2 Å². The predicted molar refractivity (Wildman–Crippen MR) is 87.5 cm³/mol. The van der Waals surface area contributed by atoms with Gasteiger partial charge in [-0.2, -0.15) is 5.10 Å². The van der Waals surface area contributed by atoms with Gasteiger partial charge in [-0.3, -0.25) is 4.79 Å². The summed E-state index contributed by atoms with van der Waals surface area (Å²) in [6, 6.07) is 11.0. The van der Waals surface area contributed by atoms with Crippen molar-refractivity contribution < 1.29 is 9.47 Å². The van der Waals surface area contributed by atoms with Gasteiger partial charge in [0.2, 0.25) is 0 Å². The van der Waals surface area contributed by atoms with Crippen LogP contribution in [0.25, 0.3) is 10.8 Å². The van der Waals surface area contributed by atoms with Crippen LogP contribution in [0, 0.1) is 0 Å². The summed E-state index contributed by atoms with van der Waals surface area (Å²) >= 11 is 6.24. The predicted octanol–water partition coefficient (Wildman–Crippen LogP) is 2.87. The van der Waals surface area contributed by atoms with Crippen LogP contribution < -0.4 is 15.0 Å². The van der Waals surface area contributed by atoms with Crippen molar-refractivity contribution in [3.63, 3.8) is 0 Å². The SMILES string of the molecule is O=c1c2ccccc2cnn1Cc1cc(Cl)c2c(c1)OCCO2. The van der Waals surface area contributed by atoms with E-state index < -0.39 is 0 Å². The van der Waals surface area contributed by atoms with E-state index in [9.17, 15) is 4.79 Å². The molecule has 6 heteroatoms. The molecule has 3 aromatic rings. The molecule has 0 saturated carbocycles. The van der Waals surface area contributed by atoms with Gasteiger partial charge in [-0.25, -0.2) is 4.68 Å². The van der Waals surface area contributed by atoms with Gasteiger partial charge in [0.25, 0.3) is 5.56 Å². The monoisotopic (exact) mass is 328 g/mol. The van der Waals surface area contributed by atoms with E-state index in [1.165, 1.54) is 4.68 Å². The van der Waals surface area contributed by atoms with Crippen molar-refractivity contribution in [3.8, 4) is 11.5 Å². The Kier molecular flexibility index (Phi) is 3.42. The Morgan fingerprint density at radius 2 is 2.00 bits per heavy atom. The number of nitrogens with zero attached hydrogens (tertiary/aromatic N) is 2. The molecule has 0 aliphatic carbocycles. The van der Waals surface area contributed by atoms with E-state index in [-0.39, 0.29) is 5.56 Å². The van der Waals surface area contributed by atoms with Crippen LogP contribution in [-0.4, -0.2) is 23.0 Å². The first-order valence-corrected chi connectivity index (χ1v) is 7.63. The third kappa shape index (κ3) is 2.53. The van der Waals surface area contributed by atoms with Crippen molar-refractivity contribution in [1.82, 2.24) is 9.78 Å². The maximum Gasteiger partial charge on any atom is 0.274 e. The van der Waals surface area contributed by atoms with Crippen LogP contribution in [-0.2, 0) is 6.54 Å². The van der Waals surface area contributed by atoms with Crippen LogP contribution in [0.2, 0.25) is 5.02 Å². The molecule has 116 valence electrons. The van der Waals surface area contributed by atoms with E-state index in [1.807, 2.05) is 24.3 Å². The molecule has 1 aromatic heterocycles. The lowest BCUT2D eigenvalue weighted by molar-refractivity contribution is 0.171. The molecule has 0 bridgehead atoms. The second kappa shape index (κ2) is 5.59. The van der Waals surface area contributed by atoms with Crippen molar-refractivity contribution in [2.24, 2.45) is 0 Å². The number of hydrogen-bond donors (Lipinski definition) is 0. The lowest BCUT2D eigenvalue weighted by Gasteiger charge is -2.20. The quantitative estimate of drug-likeness (QED) is 0.726. The number of ether oxygens (including phenoxy) is 2. The maximum atomic E-state index is 12.5. The number of benzene rings is 2. The molecule has 0 amide bonds. The maximum absolute atomic E-state index is 12.5. The average Bonchev–Trinajstić information content (AvgIpc) is 2.58. The Labute approximate surface area is 137 Å². The number of aromatic nitrogens is 2. The van der Waals surface area contributed by atoms with Gasteiger partial charge in [-0.1, -0.05) is 29.8 Å². The highest BCUT2D eigenvalue weighted by Gasteiger charge is 2.17. The van der Waals surface area contributed by atoms with E-state index in [0.717, 1.165) is 10.9 Å². The van der Waals surface area contributed by atoms with E-state index in [0.29, 0.717) is 41.7 Å². The largest absolute Gasteiger partial charge is 0.486 e. The van der Waals surface area contributed by atoms with Gasteiger partial charge in [0.05, 0.1) is 23.2 Å². The summed E-state index contributed by atoms with van der Waals surface area (Å²) in [5, 5.41) is 6.18. The Balaban J connectivity index is 1.75. The first-order valence-electron chi connectivity index (χ1n) is 7.25. The van der Waals surface area contributed by atoms with Crippen LogP contribution in [0.15, 0.2) is 47.4 Å². The number of hydrogen-bond acceptors (Lipinski definition) is 4. The average molecular weight is 329 g/mol. The second-order valence-electron chi connectivity index (χ2n) is 5.30. The minimum absolute atomic E-state index is 0.130. The number of fused-ring (bicyclic) bond motifs is 2. The Bertz CT molecular complexity index is 952. The van der Waals surface area contributed by atoms with Crippen molar-refractivity contribution in [2.45, 2.75) is 6.54 Å². The van der Waals surface area contributed by atoms with Gasteiger partial charge in [0.15, 0.2) is 11.5 Å². The second-order valence-corrected chi connectivity index (χ2v) is 5.70. The minimum atomic E-state index is -0.130. The molecular weight excluding hydrogens is 316 g/mol. The fraction of sp³-hybridized carbons (Fsp3) is 0.176. The molecule has 0 N–H and O–H groups in total. The topological polar surface area (TPSA) is 53.4 Å². The van der Waals surface area contributed by atoms with Crippen LogP contribution in [0.4, 0.5) is 0 Å². The number of halogens is 1. The van der Waals surface area contributed by atoms with Crippen LogP contribution in [0.5, 0.6) is 11.5 Å². The van der Waals surface area contributed by atoms with Crippen molar-refractivity contribution >= 4 is 22.4 Å². The summed E-state index contributed by atoms with van der Waals surface area (Å²) in [5.74, 6) is 1.16. The van der Waals surface area contributed by atoms with E-state index in [2.05, 4.69) is 5.10 Å². The molecule has 0 unspecified atom stereocenters. The van der Waals surface area contributed by atoms with Crippen LogP contribution in [0.3, 0.4) is 0 Å². The van der Waals surface area contributed by atoms with Crippen LogP contribution in [0.1, 0.15) is 5.56 Å². The summed E-state index contributed by atoms with van der Waals surface area (Å²) in [7, 11) is 0. The summed E-state index contributed by atoms with van der Waals surface area (Å²) in [6.45, 7) is 1.29. The fourth-order valence-electron chi connectivity index (χ4n) is 2.67. The molecule has 2 heterocycles. The van der Waals surface area contributed by atoms with E-state index in [1.54, 1.807) is 18.3 Å². The third-order valence-corrected chi connectivity index (χ3v) is 4.03. The zero-order chi connectivity index (χ0) is 15.8. The Hall–Kier alpha value is -2.53. The van der Waals surface area contributed by atoms with E-state index >= 15 is 0 Å². The normalized spacial score (nSPS) is 13.3. The highest BCUT2D eigenvalue weighted by molar-refractivity contribution is 6.32. The molecule has 0 spiro atoms. The van der Waals surface area contributed by atoms with Gasteiger partial charge in [-0.15, -0.1) is 0 Å². The Morgan fingerprint density at radius 1 is 1.17 bits per heavy atom. The molecule has 4 rings (SSSR count). The molecule has 0 fully saturated rings. The Morgan fingerprint density at radius 3 is 2.91 bits per heavy atom. The first kappa shape index (κ1) is 14.1. The smallest absolute Gasteiger partial charge is 0.274 e. The summed E-state index contributed by atoms with van der Waals surface area (Å²) < 4.78 is 12.5. The van der Waals surface area contributed by atoms with E-state index in [4.69, 9.17) is 21.1 Å². The zero-order valence-electron chi connectivity index (χ0n) is 12.2. The van der Waals surface area contributed by atoms with Gasteiger partial charge < -0.3 is 9.47 Å². The lowest BCUT2D eigenvalue weighted by Crippen LogP contribution is -2.23. The standard InChI is InChI=1S/C17H13ClN2O3/c18-14-7-11(8-15-16(14)23-6-5-22-15)10-20-17(21)13-4-2-1-3-12(13)9-19-20/h1-4,7-9H,5-6,10H2. The minimum Gasteiger partial charge on any atom is -0.486 e. The van der Waals surface area contributed by atoms with Crippen LogP contribution >= 0.6 is 11.6 Å². The van der Waals surface area contributed by atoms with Crippen molar-refractivity contribution in [1.29, 1.82) is 0 Å². The van der Waals surface area contributed by atoms with Gasteiger partial charge >= 0.3 is 0 Å². The molecular formula is C17H13ClN2O3. The molecule has 0 saturated heterocycles. The third-order valence-electron chi connectivity index (χ3n) is 3.75. The molecule has 1 aliphatic rings. The summed E-state index contributed by atoms with van der Waals surface area (Å²) in [4.78, 5) is 12.5. The number of rotatable bonds is 2. The highest BCUT2D eigenvalue weighted by Crippen LogP contribution is 2.38. The molecule has 2 aromatic carbocycles. The molecule has 1 aliphatic heterocycles. The molecule has 23 heavy (non-hydrogen) atoms. The molecule has 5 nitrogen and oxygen atoms in total. The first-order chi connectivity index (χ1) is 11.2. The summed E-state index contributed by atoms with van der Waals surface area (Å²) in [5.41, 5.74) is 0.707. The van der Waals surface area contributed by atoms with Gasteiger partial charge in [-0.05, 0) is 23.8 Å². The van der Waals surface area contributed by atoms with Crippen molar-refractivity contribution in [3.05, 3.63) is 63.5 Å². The fourth-order valence-corrected chi connectivity index (χ4v) is 2.96. The highest BCUT2D eigenvalue weighted by atomic mass is 35.5. The lowest BCUT2D eigenvalue weighted by atomic mass is 10.1. The molecule has 0 atom stereocenters. The zero-order valence-corrected chi connectivity index (χ0v) is 12.9. The van der Waals surface area contributed by atoms with Crippen molar-refractivity contribution in [2.75, 3.05) is 13.2 Å². The van der Waals surface area contributed by atoms with Gasteiger partial charge in [0, 0.05) is 5.39 Å². The molecule has 0 radical (unpaired) electrons.